The molecule has 1 saturated heterocycles. The Bertz CT molecular complexity index is 970. The van der Waals surface area contributed by atoms with Crippen molar-refractivity contribution in [1.82, 2.24) is 0 Å². The molecule has 2 N–H and O–H groups in total. The summed E-state index contributed by atoms with van der Waals surface area (Å²) in [6, 6.07) is 13.5. The van der Waals surface area contributed by atoms with E-state index in [-0.39, 0.29) is 12.7 Å². The first-order valence-corrected chi connectivity index (χ1v) is 13.3. The minimum atomic E-state index is -1.21. The second-order valence-corrected chi connectivity index (χ2v) is 10.1. The molecule has 7 heteroatoms. The molecule has 1 heterocycles. The van der Waals surface area contributed by atoms with Gasteiger partial charge in [0, 0.05) is 7.11 Å². The van der Waals surface area contributed by atoms with Crippen molar-refractivity contribution in [2.75, 3.05) is 13.7 Å². The van der Waals surface area contributed by atoms with Crippen LogP contribution in [0.1, 0.15) is 56.1 Å². The van der Waals surface area contributed by atoms with Crippen LogP contribution in [0.5, 0.6) is 17.2 Å². The molecule has 196 valence electrons. The van der Waals surface area contributed by atoms with Crippen molar-refractivity contribution in [3.8, 4) is 17.2 Å². The van der Waals surface area contributed by atoms with Crippen LogP contribution in [0.15, 0.2) is 42.5 Å². The molecule has 2 fully saturated rings. The van der Waals surface area contributed by atoms with Crippen molar-refractivity contribution in [2.24, 2.45) is 0 Å². The number of aryl methyl sites for hydroxylation is 2. The van der Waals surface area contributed by atoms with Crippen LogP contribution in [0.25, 0.3) is 0 Å². The number of aliphatic hydroxyl groups excluding tert-OH is 2. The van der Waals surface area contributed by atoms with Gasteiger partial charge in [-0.1, -0.05) is 12.5 Å². The Labute approximate surface area is 213 Å². The van der Waals surface area contributed by atoms with Crippen LogP contribution in [-0.4, -0.2) is 60.7 Å². The molecule has 5 atom stereocenters. The molecule has 1 aliphatic heterocycles. The van der Waals surface area contributed by atoms with Gasteiger partial charge in [0.2, 0.25) is 0 Å². The van der Waals surface area contributed by atoms with Gasteiger partial charge in [-0.25, -0.2) is 0 Å². The molecule has 7 nitrogen and oxygen atoms in total. The van der Waals surface area contributed by atoms with Gasteiger partial charge in [-0.2, -0.15) is 0 Å². The van der Waals surface area contributed by atoms with Gasteiger partial charge in [-0.05, 0) is 98.9 Å². The molecular formula is C29H38O7. The first-order valence-electron chi connectivity index (χ1n) is 13.3. The van der Waals surface area contributed by atoms with Gasteiger partial charge in [-0.15, -0.1) is 0 Å². The Morgan fingerprint density at radius 3 is 2.17 bits per heavy atom. The van der Waals surface area contributed by atoms with Gasteiger partial charge in [0.25, 0.3) is 0 Å². The van der Waals surface area contributed by atoms with Gasteiger partial charge in [0.15, 0.2) is 12.4 Å². The second-order valence-electron chi connectivity index (χ2n) is 10.1. The zero-order valence-electron chi connectivity index (χ0n) is 21.0. The molecule has 2 aliphatic carbocycles. The topological polar surface area (TPSA) is 86.6 Å². The SMILES string of the molecule is CO[C@H]1O[C@H](COc2ccc3c(c2)CCCC3)[C@@H](O)[C@H](O)[C@H]1Oc1ccc(OC2CCCCC2)cc1. The summed E-state index contributed by atoms with van der Waals surface area (Å²) in [7, 11) is 1.49. The summed E-state index contributed by atoms with van der Waals surface area (Å²) >= 11 is 0. The minimum Gasteiger partial charge on any atom is -0.491 e. The quantitative estimate of drug-likeness (QED) is 0.564. The predicted molar refractivity (Wildman–Crippen MR) is 135 cm³/mol. The van der Waals surface area contributed by atoms with Crippen LogP contribution in [0.3, 0.4) is 0 Å². The summed E-state index contributed by atoms with van der Waals surface area (Å²) in [6.45, 7) is 0.0940. The molecule has 1 saturated carbocycles. The standard InChI is InChI=1S/C29H38O7/c1-32-29-28(35-23-15-13-22(14-16-23)34-21-9-3-2-4-10-21)27(31)26(30)25(36-29)18-33-24-12-11-19-7-5-6-8-20(19)17-24/h11-17,21,25-31H,2-10,18H2,1H3/t25-,26-,27+,28-,29+/m1/s1. The van der Waals surface area contributed by atoms with E-state index < -0.39 is 30.7 Å². The Balaban J connectivity index is 1.17. The van der Waals surface area contributed by atoms with E-state index in [1.807, 2.05) is 18.2 Å². The van der Waals surface area contributed by atoms with Crippen LogP contribution in [0.4, 0.5) is 0 Å². The van der Waals surface area contributed by atoms with Crippen molar-refractivity contribution in [3.05, 3.63) is 53.6 Å². The second kappa shape index (κ2) is 11.8. The first-order chi connectivity index (χ1) is 17.6. The van der Waals surface area contributed by atoms with E-state index >= 15 is 0 Å². The average molecular weight is 499 g/mol. The molecule has 0 bridgehead atoms. The molecule has 2 aromatic carbocycles. The fourth-order valence-corrected chi connectivity index (χ4v) is 5.47. The lowest BCUT2D eigenvalue weighted by Gasteiger charge is -2.41. The number of benzene rings is 2. The Hall–Kier alpha value is -2.32. The molecule has 0 amide bonds. The Morgan fingerprint density at radius 2 is 1.44 bits per heavy atom. The molecule has 0 unspecified atom stereocenters. The van der Waals surface area contributed by atoms with Crippen molar-refractivity contribution in [3.63, 3.8) is 0 Å². The lowest BCUT2D eigenvalue weighted by atomic mass is 9.92. The number of hydrogen-bond donors (Lipinski definition) is 2. The molecule has 2 aromatic rings. The summed E-state index contributed by atoms with van der Waals surface area (Å²) in [5, 5.41) is 21.7. The van der Waals surface area contributed by atoms with Gasteiger partial charge in [-0.3, -0.25) is 0 Å². The zero-order valence-corrected chi connectivity index (χ0v) is 21.0. The maximum Gasteiger partial charge on any atom is 0.197 e. The maximum atomic E-state index is 10.9. The molecule has 5 rings (SSSR count). The lowest BCUT2D eigenvalue weighted by molar-refractivity contribution is -0.287. The summed E-state index contributed by atoms with van der Waals surface area (Å²) in [6.07, 6.45) is 5.85. The summed E-state index contributed by atoms with van der Waals surface area (Å²) in [5.74, 6) is 2.08. The molecular weight excluding hydrogens is 460 g/mol. The van der Waals surface area contributed by atoms with E-state index in [4.69, 9.17) is 23.7 Å². The third-order valence-electron chi connectivity index (χ3n) is 7.56. The fraction of sp³-hybridized carbons (Fsp3) is 0.586. The molecule has 0 radical (unpaired) electrons. The molecule has 3 aliphatic rings. The molecule has 36 heavy (non-hydrogen) atoms. The normalized spacial score (nSPS) is 28.8. The highest BCUT2D eigenvalue weighted by atomic mass is 16.7. The number of fused-ring (bicyclic) bond motifs is 1. The highest BCUT2D eigenvalue weighted by Crippen LogP contribution is 2.30. The summed E-state index contributed by atoms with van der Waals surface area (Å²) < 4.78 is 29.5. The highest BCUT2D eigenvalue weighted by Gasteiger charge is 2.46. The third-order valence-corrected chi connectivity index (χ3v) is 7.56. The number of methoxy groups -OCH3 is 1. The van der Waals surface area contributed by atoms with E-state index in [1.54, 1.807) is 12.1 Å². The summed E-state index contributed by atoms with van der Waals surface area (Å²) in [4.78, 5) is 0. The van der Waals surface area contributed by atoms with E-state index in [0.29, 0.717) is 5.75 Å². The maximum absolute atomic E-state index is 10.9. The van der Waals surface area contributed by atoms with Crippen molar-refractivity contribution in [2.45, 2.75) is 94.6 Å². The monoisotopic (exact) mass is 498 g/mol. The number of hydrogen-bond acceptors (Lipinski definition) is 7. The minimum absolute atomic E-state index is 0.0940. The van der Waals surface area contributed by atoms with E-state index in [9.17, 15) is 10.2 Å². The zero-order chi connectivity index (χ0) is 24.9. The van der Waals surface area contributed by atoms with Gasteiger partial charge in [0.1, 0.15) is 42.2 Å². The third kappa shape index (κ3) is 5.97. The number of ether oxygens (including phenoxy) is 5. The van der Waals surface area contributed by atoms with Gasteiger partial charge >= 0.3 is 0 Å². The average Bonchev–Trinajstić information content (AvgIpc) is 2.92. The van der Waals surface area contributed by atoms with Crippen molar-refractivity contribution >= 4 is 0 Å². The number of aliphatic hydroxyl groups is 2. The molecule has 0 spiro atoms. The van der Waals surface area contributed by atoms with E-state index in [0.717, 1.165) is 37.2 Å². The Morgan fingerprint density at radius 1 is 0.778 bits per heavy atom. The van der Waals surface area contributed by atoms with Gasteiger partial charge in [0.05, 0.1) is 6.10 Å². The van der Waals surface area contributed by atoms with Crippen LogP contribution >= 0.6 is 0 Å². The number of rotatable bonds is 8. The van der Waals surface area contributed by atoms with Crippen molar-refractivity contribution < 1.29 is 33.9 Å². The smallest absolute Gasteiger partial charge is 0.197 e. The van der Waals surface area contributed by atoms with E-state index in [1.165, 1.54) is 50.3 Å². The summed E-state index contributed by atoms with van der Waals surface area (Å²) in [5.41, 5.74) is 2.70. The van der Waals surface area contributed by atoms with Crippen LogP contribution in [-0.2, 0) is 22.3 Å². The predicted octanol–water partition coefficient (Wildman–Crippen LogP) is 4.20. The van der Waals surface area contributed by atoms with Gasteiger partial charge < -0.3 is 33.9 Å². The van der Waals surface area contributed by atoms with Crippen LogP contribution < -0.4 is 14.2 Å². The first kappa shape index (κ1) is 25.3. The van der Waals surface area contributed by atoms with Crippen LogP contribution in [0.2, 0.25) is 0 Å². The van der Waals surface area contributed by atoms with Crippen molar-refractivity contribution in [1.29, 1.82) is 0 Å². The fourth-order valence-electron chi connectivity index (χ4n) is 5.47. The molecule has 0 aromatic heterocycles. The van der Waals surface area contributed by atoms with E-state index in [2.05, 4.69) is 12.1 Å². The van der Waals surface area contributed by atoms with Crippen LogP contribution in [0, 0.1) is 0 Å². The lowest BCUT2D eigenvalue weighted by Crippen LogP contribution is -2.61. The largest absolute Gasteiger partial charge is 0.491 e. The Kier molecular flexibility index (Phi) is 8.32. The highest BCUT2D eigenvalue weighted by molar-refractivity contribution is 5.37.